The minimum absolute atomic E-state index is 0.755. The Morgan fingerprint density at radius 1 is 1.06 bits per heavy atom. The van der Waals surface area contributed by atoms with Crippen LogP contribution >= 0.6 is 0 Å². The maximum Gasteiger partial charge on any atom is 0.163 e. The average Bonchev–Trinajstić information content (AvgIpc) is 2.70. The molecule has 1 aromatic carbocycles. The summed E-state index contributed by atoms with van der Waals surface area (Å²) in [6.45, 7) is 1.88. The van der Waals surface area contributed by atoms with Crippen LogP contribution in [0.4, 0.5) is 0 Å². The van der Waals surface area contributed by atoms with Gasteiger partial charge >= 0.3 is 0 Å². The number of rotatable bonds is 1. The van der Waals surface area contributed by atoms with Crippen LogP contribution in [-0.4, -0.2) is 19.6 Å². The van der Waals surface area contributed by atoms with Crippen molar-refractivity contribution < 1.29 is 0 Å². The maximum absolute atomic E-state index is 4.35. The van der Waals surface area contributed by atoms with E-state index in [9.17, 15) is 0 Å². The third-order valence-corrected chi connectivity index (χ3v) is 2.39. The van der Waals surface area contributed by atoms with Crippen molar-refractivity contribution in [1.82, 2.24) is 19.6 Å². The highest BCUT2D eigenvalue weighted by Gasteiger charge is 2.06. The number of hydrogen-bond acceptors (Lipinski definition) is 3. The summed E-state index contributed by atoms with van der Waals surface area (Å²) in [5.74, 6) is 1.57. The van der Waals surface area contributed by atoms with E-state index in [2.05, 4.69) is 15.1 Å². The van der Waals surface area contributed by atoms with Crippen molar-refractivity contribution in [2.24, 2.45) is 0 Å². The van der Waals surface area contributed by atoms with E-state index in [0.29, 0.717) is 0 Å². The lowest BCUT2D eigenvalue weighted by Gasteiger charge is -2.01. The topological polar surface area (TPSA) is 43.1 Å². The fourth-order valence-corrected chi connectivity index (χ4v) is 1.71. The molecule has 4 heteroatoms. The van der Waals surface area contributed by atoms with E-state index >= 15 is 0 Å². The van der Waals surface area contributed by atoms with E-state index in [0.717, 1.165) is 22.9 Å². The molecule has 0 aliphatic carbocycles. The lowest BCUT2D eigenvalue weighted by Crippen LogP contribution is -1.96. The summed E-state index contributed by atoms with van der Waals surface area (Å²) in [5, 5.41) is 4.33. The Hall–Kier alpha value is -2.23. The van der Waals surface area contributed by atoms with E-state index in [1.54, 1.807) is 10.7 Å². The van der Waals surface area contributed by atoms with Crippen molar-refractivity contribution in [3.05, 3.63) is 48.4 Å². The van der Waals surface area contributed by atoms with Crippen LogP contribution in [0.5, 0.6) is 0 Å². The second-order valence-electron chi connectivity index (χ2n) is 3.56. The van der Waals surface area contributed by atoms with Crippen molar-refractivity contribution in [3.8, 4) is 11.4 Å². The Bertz CT molecular complexity index is 628. The molecule has 0 bridgehead atoms. The molecule has 0 fully saturated rings. The van der Waals surface area contributed by atoms with Crippen molar-refractivity contribution >= 4 is 5.65 Å². The first kappa shape index (κ1) is 9.03. The summed E-state index contributed by atoms with van der Waals surface area (Å²) in [6, 6.07) is 11.8. The summed E-state index contributed by atoms with van der Waals surface area (Å²) in [5.41, 5.74) is 1.87. The van der Waals surface area contributed by atoms with Gasteiger partial charge in [-0.1, -0.05) is 30.3 Å². The molecule has 4 nitrogen and oxygen atoms in total. The Labute approximate surface area is 92.6 Å². The minimum Gasteiger partial charge on any atom is -0.236 e. The zero-order chi connectivity index (χ0) is 11.0. The van der Waals surface area contributed by atoms with E-state index in [1.807, 2.05) is 43.3 Å². The highest BCUT2D eigenvalue weighted by molar-refractivity contribution is 5.58. The molecule has 0 aliphatic rings. The summed E-state index contributed by atoms with van der Waals surface area (Å²) in [6.07, 6.45) is 1.76. The molecule has 2 aromatic heterocycles. The molecule has 0 saturated carbocycles. The highest BCUT2D eigenvalue weighted by Crippen LogP contribution is 2.16. The van der Waals surface area contributed by atoms with Crippen LogP contribution in [0, 0.1) is 6.92 Å². The van der Waals surface area contributed by atoms with Crippen molar-refractivity contribution in [3.63, 3.8) is 0 Å². The summed E-state index contributed by atoms with van der Waals surface area (Å²) < 4.78 is 1.77. The number of hydrogen-bond donors (Lipinski definition) is 0. The molecule has 3 aromatic rings. The number of aryl methyl sites for hydroxylation is 1. The summed E-state index contributed by atoms with van der Waals surface area (Å²) in [7, 11) is 0. The van der Waals surface area contributed by atoms with Gasteiger partial charge in [0, 0.05) is 17.8 Å². The number of fused-ring (bicyclic) bond motifs is 1. The first-order chi connectivity index (χ1) is 7.84. The lowest BCUT2D eigenvalue weighted by molar-refractivity contribution is 0.910. The molecule has 78 valence electrons. The molecule has 3 rings (SSSR count). The predicted molar refractivity (Wildman–Crippen MR) is 61.0 cm³/mol. The molecular formula is C12H10N4. The zero-order valence-corrected chi connectivity index (χ0v) is 8.83. The Morgan fingerprint density at radius 3 is 2.69 bits per heavy atom. The SMILES string of the molecule is Cc1nc2ccnc(-c3ccccc3)n2n1. The predicted octanol–water partition coefficient (Wildman–Crippen LogP) is 2.10. The van der Waals surface area contributed by atoms with Crippen LogP contribution in [-0.2, 0) is 0 Å². The largest absolute Gasteiger partial charge is 0.236 e. The Balaban J connectivity index is 2.31. The van der Waals surface area contributed by atoms with Gasteiger partial charge in [-0.15, -0.1) is 5.10 Å². The highest BCUT2D eigenvalue weighted by atomic mass is 15.3. The minimum atomic E-state index is 0.755. The van der Waals surface area contributed by atoms with Gasteiger partial charge in [0.2, 0.25) is 0 Å². The van der Waals surface area contributed by atoms with Crippen molar-refractivity contribution in [1.29, 1.82) is 0 Å². The molecule has 0 spiro atoms. The molecule has 0 radical (unpaired) electrons. The molecule has 0 amide bonds. The van der Waals surface area contributed by atoms with E-state index in [4.69, 9.17) is 0 Å². The molecule has 16 heavy (non-hydrogen) atoms. The fraction of sp³-hybridized carbons (Fsp3) is 0.0833. The zero-order valence-electron chi connectivity index (χ0n) is 8.83. The standard InChI is InChI=1S/C12H10N4/c1-9-14-11-7-8-13-12(16(11)15-9)10-5-3-2-4-6-10/h2-8H,1H3. The Kier molecular flexibility index (Phi) is 1.93. The number of benzene rings is 1. The van der Waals surface area contributed by atoms with Gasteiger partial charge in [-0.05, 0) is 6.92 Å². The van der Waals surface area contributed by atoms with Crippen LogP contribution in [0.15, 0.2) is 42.6 Å². The van der Waals surface area contributed by atoms with Crippen LogP contribution < -0.4 is 0 Å². The third kappa shape index (κ3) is 1.35. The summed E-state index contributed by atoms with van der Waals surface area (Å²) in [4.78, 5) is 8.66. The number of aromatic nitrogens is 4. The van der Waals surface area contributed by atoms with Gasteiger partial charge in [0.25, 0.3) is 0 Å². The first-order valence-electron chi connectivity index (χ1n) is 5.08. The van der Waals surface area contributed by atoms with Gasteiger partial charge in [-0.3, -0.25) is 0 Å². The van der Waals surface area contributed by atoms with Gasteiger partial charge in [0.05, 0.1) is 0 Å². The third-order valence-electron chi connectivity index (χ3n) is 2.39. The van der Waals surface area contributed by atoms with Crippen LogP contribution in [0.1, 0.15) is 5.82 Å². The number of nitrogens with zero attached hydrogens (tertiary/aromatic N) is 4. The molecule has 0 unspecified atom stereocenters. The average molecular weight is 210 g/mol. The van der Waals surface area contributed by atoms with Crippen LogP contribution in [0.2, 0.25) is 0 Å². The molecular weight excluding hydrogens is 200 g/mol. The smallest absolute Gasteiger partial charge is 0.163 e. The quantitative estimate of drug-likeness (QED) is 0.617. The summed E-state index contributed by atoms with van der Waals surface area (Å²) >= 11 is 0. The van der Waals surface area contributed by atoms with Gasteiger partial charge < -0.3 is 0 Å². The van der Waals surface area contributed by atoms with E-state index in [-0.39, 0.29) is 0 Å². The van der Waals surface area contributed by atoms with Gasteiger partial charge in [0.15, 0.2) is 11.5 Å². The molecule has 0 aliphatic heterocycles. The first-order valence-corrected chi connectivity index (χ1v) is 5.08. The lowest BCUT2D eigenvalue weighted by atomic mass is 10.2. The van der Waals surface area contributed by atoms with Crippen molar-refractivity contribution in [2.45, 2.75) is 6.92 Å². The van der Waals surface area contributed by atoms with Crippen LogP contribution in [0.3, 0.4) is 0 Å². The molecule has 0 saturated heterocycles. The van der Waals surface area contributed by atoms with Gasteiger partial charge in [0.1, 0.15) is 5.82 Å². The van der Waals surface area contributed by atoms with Gasteiger partial charge in [-0.2, -0.15) is 4.52 Å². The maximum atomic E-state index is 4.35. The second kappa shape index (κ2) is 3.41. The molecule has 0 atom stereocenters. The second-order valence-corrected chi connectivity index (χ2v) is 3.56. The monoisotopic (exact) mass is 210 g/mol. The normalized spacial score (nSPS) is 10.8. The fourth-order valence-electron chi connectivity index (χ4n) is 1.71. The molecule has 2 heterocycles. The van der Waals surface area contributed by atoms with E-state index in [1.165, 1.54) is 0 Å². The Morgan fingerprint density at radius 2 is 1.88 bits per heavy atom. The van der Waals surface area contributed by atoms with Gasteiger partial charge in [-0.25, -0.2) is 9.97 Å². The van der Waals surface area contributed by atoms with E-state index < -0.39 is 0 Å². The van der Waals surface area contributed by atoms with Crippen LogP contribution in [0.25, 0.3) is 17.0 Å². The van der Waals surface area contributed by atoms with Crippen molar-refractivity contribution in [2.75, 3.05) is 0 Å². The molecule has 0 N–H and O–H groups in total.